The number of hydrogen-bond donors (Lipinski definition) is 2. The maximum atomic E-state index is 11.4. The molecule has 2 N–H and O–H groups in total. The van der Waals surface area contributed by atoms with Crippen LogP contribution in [0.2, 0.25) is 0 Å². The molecule has 88 valence electrons. The number of carbonyl (C=O) groups is 1. The van der Waals surface area contributed by atoms with E-state index in [-0.39, 0.29) is 5.91 Å². The van der Waals surface area contributed by atoms with Gasteiger partial charge >= 0.3 is 0 Å². The first-order valence-corrected chi connectivity index (χ1v) is 6.24. The summed E-state index contributed by atoms with van der Waals surface area (Å²) in [5.74, 6) is 0.961. The van der Waals surface area contributed by atoms with Crippen molar-refractivity contribution in [3.05, 3.63) is 0 Å². The Morgan fingerprint density at radius 3 is 2.67 bits per heavy atom. The zero-order valence-corrected chi connectivity index (χ0v) is 9.85. The molecule has 0 aromatic carbocycles. The van der Waals surface area contributed by atoms with Crippen LogP contribution < -0.4 is 10.6 Å². The van der Waals surface area contributed by atoms with Crippen molar-refractivity contribution in [1.82, 2.24) is 10.6 Å². The van der Waals surface area contributed by atoms with E-state index in [1.807, 2.05) is 7.05 Å². The third-order valence-electron chi connectivity index (χ3n) is 3.14. The second-order valence-electron chi connectivity index (χ2n) is 4.52. The Balaban J connectivity index is 2.00. The average molecular weight is 212 g/mol. The van der Waals surface area contributed by atoms with E-state index in [2.05, 4.69) is 10.6 Å². The summed E-state index contributed by atoms with van der Waals surface area (Å²) in [6.07, 6.45) is 8.28. The zero-order valence-electron chi connectivity index (χ0n) is 9.85. The Morgan fingerprint density at radius 1 is 1.27 bits per heavy atom. The third kappa shape index (κ3) is 5.78. The minimum Gasteiger partial charge on any atom is -0.356 e. The second-order valence-corrected chi connectivity index (χ2v) is 4.52. The van der Waals surface area contributed by atoms with Gasteiger partial charge in [0.2, 0.25) is 5.91 Å². The fourth-order valence-corrected chi connectivity index (χ4v) is 2.16. The summed E-state index contributed by atoms with van der Waals surface area (Å²) < 4.78 is 0. The van der Waals surface area contributed by atoms with Crippen LogP contribution in [0.1, 0.15) is 44.9 Å². The van der Waals surface area contributed by atoms with Crippen LogP contribution in [0.3, 0.4) is 0 Å². The molecule has 0 bridgehead atoms. The first-order chi connectivity index (χ1) is 7.33. The van der Waals surface area contributed by atoms with E-state index in [4.69, 9.17) is 0 Å². The Hall–Kier alpha value is -0.570. The molecular weight excluding hydrogens is 188 g/mol. The van der Waals surface area contributed by atoms with Gasteiger partial charge in [-0.2, -0.15) is 0 Å². The Bertz CT molecular complexity index is 176. The Morgan fingerprint density at radius 2 is 2.00 bits per heavy atom. The van der Waals surface area contributed by atoms with Crippen LogP contribution in [0.5, 0.6) is 0 Å². The van der Waals surface area contributed by atoms with Crippen molar-refractivity contribution in [2.24, 2.45) is 5.92 Å². The molecule has 3 heteroatoms. The number of rotatable bonds is 6. The molecule has 0 aromatic rings. The average Bonchev–Trinajstić information content (AvgIpc) is 2.28. The molecular formula is C12H24N2O. The highest BCUT2D eigenvalue weighted by Gasteiger charge is 2.13. The Kier molecular flexibility index (Phi) is 6.41. The van der Waals surface area contributed by atoms with Gasteiger partial charge < -0.3 is 10.6 Å². The van der Waals surface area contributed by atoms with Gasteiger partial charge in [-0.15, -0.1) is 0 Å². The van der Waals surface area contributed by atoms with Crippen LogP contribution in [0.4, 0.5) is 0 Å². The molecule has 0 radical (unpaired) electrons. The van der Waals surface area contributed by atoms with Gasteiger partial charge in [0.05, 0.1) is 0 Å². The highest BCUT2D eigenvalue weighted by atomic mass is 16.1. The van der Waals surface area contributed by atoms with E-state index in [0.29, 0.717) is 6.42 Å². The molecule has 1 aliphatic rings. The standard InChI is InChI=1S/C12H24N2O/c1-13-9-5-8-12(15)14-10-11-6-3-2-4-7-11/h11,13H,2-10H2,1H3,(H,14,15). The normalized spacial score (nSPS) is 17.7. The minimum absolute atomic E-state index is 0.218. The van der Waals surface area contributed by atoms with E-state index >= 15 is 0 Å². The minimum atomic E-state index is 0.218. The molecule has 0 spiro atoms. The van der Waals surface area contributed by atoms with Crippen LogP contribution in [0.25, 0.3) is 0 Å². The van der Waals surface area contributed by atoms with E-state index in [9.17, 15) is 4.79 Å². The fraction of sp³-hybridized carbons (Fsp3) is 0.917. The molecule has 1 saturated carbocycles. The molecule has 0 atom stereocenters. The summed E-state index contributed by atoms with van der Waals surface area (Å²) in [6.45, 7) is 1.83. The molecule has 1 rings (SSSR count). The highest BCUT2D eigenvalue weighted by molar-refractivity contribution is 5.75. The van der Waals surface area contributed by atoms with Crippen molar-refractivity contribution >= 4 is 5.91 Å². The summed E-state index contributed by atoms with van der Waals surface area (Å²) in [6, 6.07) is 0. The van der Waals surface area contributed by atoms with Gasteiger partial charge in [-0.05, 0) is 38.8 Å². The van der Waals surface area contributed by atoms with Gasteiger partial charge in [0, 0.05) is 13.0 Å². The van der Waals surface area contributed by atoms with E-state index in [0.717, 1.165) is 25.4 Å². The molecule has 0 heterocycles. The number of carbonyl (C=O) groups excluding carboxylic acids is 1. The highest BCUT2D eigenvalue weighted by Crippen LogP contribution is 2.22. The van der Waals surface area contributed by atoms with Crippen LogP contribution in [-0.4, -0.2) is 26.0 Å². The summed E-state index contributed by atoms with van der Waals surface area (Å²) in [7, 11) is 1.92. The number of nitrogens with one attached hydrogen (secondary N) is 2. The lowest BCUT2D eigenvalue weighted by Crippen LogP contribution is -2.30. The summed E-state index contributed by atoms with van der Waals surface area (Å²) in [5.41, 5.74) is 0. The lowest BCUT2D eigenvalue weighted by atomic mass is 9.89. The van der Waals surface area contributed by atoms with Gasteiger partial charge in [0.1, 0.15) is 0 Å². The van der Waals surface area contributed by atoms with Crippen molar-refractivity contribution in [2.75, 3.05) is 20.1 Å². The van der Waals surface area contributed by atoms with Crippen LogP contribution in [-0.2, 0) is 4.79 Å². The molecule has 1 fully saturated rings. The summed E-state index contributed by atoms with van der Waals surface area (Å²) in [5, 5.41) is 6.09. The lowest BCUT2D eigenvalue weighted by molar-refractivity contribution is -0.121. The monoisotopic (exact) mass is 212 g/mol. The molecule has 0 saturated heterocycles. The SMILES string of the molecule is CNCCCC(=O)NCC1CCCCC1. The lowest BCUT2D eigenvalue weighted by Gasteiger charge is -2.21. The van der Waals surface area contributed by atoms with Gasteiger partial charge in [-0.1, -0.05) is 19.3 Å². The fourth-order valence-electron chi connectivity index (χ4n) is 2.16. The number of hydrogen-bond acceptors (Lipinski definition) is 2. The number of amides is 1. The van der Waals surface area contributed by atoms with Crippen LogP contribution >= 0.6 is 0 Å². The van der Waals surface area contributed by atoms with E-state index in [1.165, 1.54) is 32.1 Å². The largest absolute Gasteiger partial charge is 0.356 e. The van der Waals surface area contributed by atoms with Gasteiger partial charge in [-0.3, -0.25) is 4.79 Å². The molecule has 0 aromatic heterocycles. The molecule has 1 aliphatic carbocycles. The Labute approximate surface area is 93.0 Å². The van der Waals surface area contributed by atoms with Crippen molar-refractivity contribution in [2.45, 2.75) is 44.9 Å². The molecule has 0 aliphatic heterocycles. The van der Waals surface area contributed by atoms with Crippen molar-refractivity contribution in [1.29, 1.82) is 0 Å². The molecule has 1 amide bonds. The smallest absolute Gasteiger partial charge is 0.220 e. The van der Waals surface area contributed by atoms with Gasteiger partial charge in [-0.25, -0.2) is 0 Å². The first kappa shape index (κ1) is 12.5. The summed E-state index contributed by atoms with van der Waals surface area (Å²) in [4.78, 5) is 11.4. The van der Waals surface area contributed by atoms with Crippen LogP contribution in [0.15, 0.2) is 0 Å². The molecule has 3 nitrogen and oxygen atoms in total. The van der Waals surface area contributed by atoms with Crippen molar-refractivity contribution in [3.8, 4) is 0 Å². The maximum absolute atomic E-state index is 11.4. The van der Waals surface area contributed by atoms with E-state index < -0.39 is 0 Å². The third-order valence-corrected chi connectivity index (χ3v) is 3.14. The molecule has 0 unspecified atom stereocenters. The quantitative estimate of drug-likeness (QED) is 0.658. The topological polar surface area (TPSA) is 41.1 Å². The predicted molar refractivity (Wildman–Crippen MR) is 62.7 cm³/mol. The predicted octanol–water partition coefficient (Wildman–Crippen LogP) is 1.68. The van der Waals surface area contributed by atoms with Crippen molar-refractivity contribution in [3.63, 3.8) is 0 Å². The van der Waals surface area contributed by atoms with Crippen molar-refractivity contribution < 1.29 is 4.79 Å². The first-order valence-electron chi connectivity index (χ1n) is 6.24. The maximum Gasteiger partial charge on any atom is 0.220 e. The second kappa shape index (κ2) is 7.69. The van der Waals surface area contributed by atoms with Crippen LogP contribution in [0, 0.1) is 5.92 Å². The molecule has 15 heavy (non-hydrogen) atoms. The zero-order chi connectivity index (χ0) is 10.9. The van der Waals surface area contributed by atoms with Gasteiger partial charge in [0.25, 0.3) is 0 Å². The van der Waals surface area contributed by atoms with E-state index in [1.54, 1.807) is 0 Å². The van der Waals surface area contributed by atoms with Gasteiger partial charge in [0.15, 0.2) is 0 Å². The summed E-state index contributed by atoms with van der Waals surface area (Å²) >= 11 is 0.